The van der Waals surface area contributed by atoms with Crippen molar-refractivity contribution >= 4 is 6.29 Å². The van der Waals surface area contributed by atoms with Crippen LogP contribution in [0.15, 0.2) is 12.2 Å². The number of aliphatic hydroxyl groups excluding tert-OH is 1. The third-order valence-electron chi connectivity index (χ3n) is 5.70. The number of rotatable bonds is 11. The lowest BCUT2D eigenvalue weighted by Crippen LogP contribution is -2.38. The number of allylic oxidation sites excluding steroid dienone is 1. The van der Waals surface area contributed by atoms with Gasteiger partial charge in [0.2, 0.25) is 0 Å². The van der Waals surface area contributed by atoms with E-state index in [0.717, 1.165) is 44.8 Å². The number of unbranched alkanes of at least 4 members (excludes halogenated alkanes) is 2. The minimum absolute atomic E-state index is 0.278. The molecule has 150 valence electrons. The maximum Gasteiger partial charge on any atom is 0.171 e. The van der Waals surface area contributed by atoms with Crippen LogP contribution in [0.25, 0.3) is 0 Å². The first-order valence-corrected chi connectivity index (χ1v) is 10.2. The number of ether oxygens (including phenoxy) is 3. The third-order valence-corrected chi connectivity index (χ3v) is 5.70. The van der Waals surface area contributed by atoms with E-state index in [1.165, 1.54) is 0 Å². The highest BCUT2D eigenvalue weighted by Gasteiger charge is 2.51. The summed E-state index contributed by atoms with van der Waals surface area (Å²) in [5, 5.41) is 10.5. The van der Waals surface area contributed by atoms with E-state index in [1.807, 2.05) is 19.9 Å². The van der Waals surface area contributed by atoms with Crippen LogP contribution < -0.4 is 0 Å². The number of carbonyl (C=O) groups is 1. The van der Waals surface area contributed by atoms with Crippen LogP contribution in [0.4, 0.5) is 0 Å². The SMILES string of the molecule is CCCOC(C)(C)C(O)/C=C/C1CCC2(OCCO2)C1CCCCC=O. The Morgan fingerprint density at radius 1 is 1.31 bits per heavy atom. The van der Waals surface area contributed by atoms with Gasteiger partial charge in [0.25, 0.3) is 0 Å². The lowest BCUT2D eigenvalue weighted by Gasteiger charge is -2.32. The molecule has 0 amide bonds. The average Bonchev–Trinajstić information content (AvgIpc) is 3.23. The van der Waals surface area contributed by atoms with E-state index < -0.39 is 17.5 Å². The average molecular weight is 369 g/mol. The predicted octanol–water partition coefficient (Wildman–Crippen LogP) is 3.64. The van der Waals surface area contributed by atoms with Crippen molar-refractivity contribution < 1.29 is 24.1 Å². The number of hydrogen-bond acceptors (Lipinski definition) is 5. The van der Waals surface area contributed by atoms with Gasteiger partial charge in [-0.1, -0.05) is 25.5 Å². The topological polar surface area (TPSA) is 65.0 Å². The smallest absolute Gasteiger partial charge is 0.171 e. The zero-order valence-corrected chi connectivity index (χ0v) is 16.6. The Kier molecular flexibility index (Phi) is 8.27. The molecule has 2 fully saturated rings. The van der Waals surface area contributed by atoms with E-state index in [0.29, 0.717) is 32.2 Å². The Hall–Kier alpha value is -0.750. The van der Waals surface area contributed by atoms with Crippen molar-refractivity contribution in [3.63, 3.8) is 0 Å². The van der Waals surface area contributed by atoms with Crippen LogP contribution in [-0.2, 0) is 19.0 Å². The summed E-state index contributed by atoms with van der Waals surface area (Å²) in [4.78, 5) is 10.6. The summed E-state index contributed by atoms with van der Waals surface area (Å²) in [6, 6.07) is 0. The normalized spacial score (nSPS) is 26.8. The fraction of sp³-hybridized carbons (Fsp3) is 0.857. The van der Waals surface area contributed by atoms with Crippen molar-refractivity contribution in [1.29, 1.82) is 0 Å². The van der Waals surface area contributed by atoms with Gasteiger partial charge in [0.05, 0.1) is 18.8 Å². The minimum Gasteiger partial charge on any atom is -0.386 e. The third kappa shape index (κ3) is 5.38. The highest BCUT2D eigenvalue weighted by Crippen LogP contribution is 2.48. The van der Waals surface area contributed by atoms with Crippen molar-refractivity contribution in [3.8, 4) is 0 Å². The van der Waals surface area contributed by atoms with Crippen molar-refractivity contribution in [3.05, 3.63) is 12.2 Å². The zero-order valence-electron chi connectivity index (χ0n) is 16.6. The molecule has 1 aliphatic heterocycles. The van der Waals surface area contributed by atoms with Crippen LogP contribution >= 0.6 is 0 Å². The van der Waals surface area contributed by atoms with E-state index in [2.05, 4.69) is 13.0 Å². The molecule has 1 aliphatic carbocycles. The molecule has 2 rings (SSSR count). The number of carbonyl (C=O) groups excluding carboxylic acids is 1. The fourth-order valence-corrected chi connectivity index (χ4v) is 4.10. The quantitative estimate of drug-likeness (QED) is 0.343. The summed E-state index contributed by atoms with van der Waals surface area (Å²) >= 11 is 0. The van der Waals surface area contributed by atoms with Crippen molar-refractivity contribution in [1.82, 2.24) is 0 Å². The Balaban J connectivity index is 1.99. The molecule has 3 atom stereocenters. The van der Waals surface area contributed by atoms with Crippen LogP contribution in [-0.4, -0.2) is 48.7 Å². The first kappa shape index (κ1) is 21.5. The van der Waals surface area contributed by atoms with Crippen molar-refractivity contribution in [2.75, 3.05) is 19.8 Å². The Morgan fingerprint density at radius 3 is 2.69 bits per heavy atom. The molecular weight excluding hydrogens is 332 g/mol. The predicted molar refractivity (Wildman–Crippen MR) is 101 cm³/mol. The highest BCUT2D eigenvalue weighted by atomic mass is 16.7. The van der Waals surface area contributed by atoms with Gasteiger partial charge in [-0.25, -0.2) is 0 Å². The molecule has 3 unspecified atom stereocenters. The lowest BCUT2D eigenvalue weighted by atomic mass is 9.86. The van der Waals surface area contributed by atoms with Gasteiger partial charge in [0, 0.05) is 25.4 Å². The van der Waals surface area contributed by atoms with Gasteiger partial charge in [-0.05, 0) is 45.4 Å². The molecule has 2 aliphatic rings. The van der Waals surface area contributed by atoms with E-state index >= 15 is 0 Å². The molecule has 1 N–H and O–H groups in total. The summed E-state index contributed by atoms with van der Waals surface area (Å²) in [6.07, 6.45) is 10.7. The summed E-state index contributed by atoms with van der Waals surface area (Å²) in [5.74, 6) is 0.135. The van der Waals surface area contributed by atoms with E-state index in [1.54, 1.807) is 0 Å². The molecular formula is C21H36O5. The molecule has 1 heterocycles. The second-order valence-corrected chi connectivity index (χ2v) is 8.05. The second kappa shape index (κ2) is 9.98. The highest BCUT2D eigenvalue weighted by molar-refractivity contribution is 5.48. The molecule has 26 heavy (non-hydrogen) atoms. The van der Waals surface area contributed by atoms with E-state index in [9.17, 15) is 9.90 Å². The van der Waals surface area contributed by atoms with Crippen molar-refractivity contribution in [2.24, 2.45) is 11.8 Å². The van der Waals surface area contributed by atoms with Gasteiger partial charge in [-0.2, -0.15) is 0 Å². The van der Waals surface area contributed by atoms with Crippen LogP contribution in [0.3, 0.4) is 0 Å². The largest absolute Gasteiger partial charge is 0.386 e. The Morgan fingerprint density at radius 2 is 2.04 bits per heavy atom. The first-order chi connectivity index (χ1) is 12.4. The lowest BCUT2D eigenvalue weighted by molar-refractivity contribution is -0.186. The Labute approximate surface area is 158 Å². The van der Waals surface area contributed by atoms with Crippen molar-refractivity contribution in [2.45, 2.75) is 83.2 Å². The molecule has 0 aromatic heterocycles. The standard InChI is InChI=1S/C21H36O5/c1-4-14-24-20(2,3)19(23)10-9-17-11-12-21(25-15-16-26-21)18(17)8-6-5-7-13-22/h9-10,13,17-19,23H,4-8,11-12,14-16H2,1-3H3/b10-9+. The van der Waals surface area contributed by atoms with E-state index in [-0.39, 0.29) is 5.92 Å². The molecule has 0 aromatic rings. The molecule has 1 saturated carbocycles. The minimum atomic E-state index is -0.647. The number of aliphatic hydroxyl groups is 1. The maximum atomic E-state index is 10.6. The van der Waals surface area contributed by atoms with Gasteiger partial charge in [0.1, 0.15) is 12.4 Å². The molecule has 0 radical (unpaired) electrons. The summed E-state index contributed by atoms with van der Waals surface area (Å²) < 4.78 is 17.8. The molecule has 5 heteroatoms. The Bertz CT molecular complexity index is 453. The maximum absolute atomic E-state index is 10.6. The monoisotopic (exact) mass is 368 g/mol. The van der Waals surface area contributed by atoms with Crippen LogP contribution in [0.2, 0.25) is 0 Å². The van der Waals surface area contributed by atoms with Crippen LogP contribution in [0, 0.1) is 11.8 Å². The van der Waals surface area contributed by atoms with Gasteiger partial charge < -0.3 is 24.1 Å². The zero-order chi connectivity index (χ0) is 19.0. The second-order valence-electron chi connectivity index (χ2n) is 8.05. The van der Waals surface area contributed by atoms with E-state index in [4.69, 9.17) is 14.2 Å². The van der Waals surface area contributed by atoms with Gasteiger partial charge in [-0.3, -0.25) is 0 Å². The summed E-state index contributed by atoms with van der Waals surface area (Å²) in [7, 11) is 0. The van der Waals surface area contributed by atoms with Gasteiger partial charge >= 0.3 is 0 Å². The molecule has 1 saturated heterocycles. The van der Waals surface area contributed by atoms with Crippen LogP contribution in [0.5, 0.6) is 0 Å². The molecule has 1 spiro atoms. The van der Waals surface area contributed by atoms with Gasteiger partial charge in [0.15, 0.2) is 5.79 Å². The number of aldehydes is 1. The molecule has 5 nitrogen and oxygen atoms in total. The molecule has 0 aromatic carbocycles. The first-order valence-electron chi connectivity index (χ1n) is 10.2. The summed E-state index contributed by atoms with van der Waals surface area (Å²) in [6.45, 7) is 7.87. The number of hydrogen-bond donors (Lipinski definition) is 1. The van der Waals surface area contributed by atoms with Gasteiger partial charge in [-0.15, -0.1) is 0 Å². The summed E-state index contributed by atoms with van der Waals surface area (Å²) in [5.41, 5.74) is -0.595. The fourth-order valence-electron chi connectivity index (χ4n) is 4.10. The molecule has 0 bridgehead atoms. The van der Waals surface area contributed by atoms with Crippen LogP contribution in [0.1, 0.15) is 65.7 Å².